The third-order valence-corrected chi connectivity index (χ3v) is 4.24. The van der Waals surface area contributed by atoms with Crippen LogP contribution in [0.5, 0.6) is 0 Å². The van der Waals surface area contributed by atoms with Gasteiger partial charge in [-0.3, -0.25) is 4.79 Å². The number of rotatable bonds is 3. The number of carbonyl (C=O) groups is 1. The number of esters is 1. The molecule has 3 nitrogen and oxygen atoms in total. The topological polar surface area (TPSA) is 52.3 Å². The van der Waals surface area contributed by atoms with Gasteiger partial charge in [-0.15, -0.1) is 0 Å². The van der Waals surface area contributed by atoms with Gasteiger partial charge in [0.1, 0.15) is 11.6 Å². The van der Waals surface area contributed by atoms with Crippen LogP contribution in [-0.2, 0) is 9.53 Å². The van der Waals surface area contributed by atoms with E-state index in [-0.39, 0.29) is 12.1 Å². The highest BCUT2D eigenvalue weighted by Crippen LogP contribution is 2.33. The van der Waals surface area contributed by atoms with E-state index in [1.807, 2.05) is 0 Å². The van der Waals surface area contributed by atoms with Crippen LogP contribution in [0.25, 0.3) is 0 Å². The van der Waals surface area contributed by atoms with E-state index in [9.17, 15) is 4.79 Å². The van der Waals surface area contributed by atoms with Gasteiger partial charge in [0.2, 0.25) is 0 Å². The zero-order valence-electron chi connectivity index (χ0n) is 10.2. The van der Waals surface area contributed by atoms with Gasteiger partial charge in [0.15, 0.2) is 0 Å². The number of ether oxygens (including phenoxy) is 1. The van der Waals surface area contributed by atoms with Crippen LogP contribution < -0.4 is 5.73 Å². The van der Waals surface area contributed by atoms with E-state index in [0.717, 1.165) is 38.0 Å². The second-order valence-electron chi connectivity index (χ2n) is 5.48. The van der Waals surface area contributed by atoms with Crippen LogP contribution in [0.2, 0.25) is 0 Å². The summed E-state index contributed by atoms with van der Waals surface area (Å²) in [5.74, 6) is 0.585. The van der Waals surface area contributed by atoms with Crippen LogP contribution in [0.4, 0.5) is 0 Å². The maximum atomic E-state index is 11.9. The van der Waals surface area contributed by atoms with E-state index in [1.54, 1.807) is 0 Å². The molecule has 2 fully saturated rings. The van der Waals surface area contributed by atoms with Gasteiger partial charge < -0.3 is 10.5 Å². The number of hydrogen-bond donors (Lipinski definition) is 1. The van der Waals surface area contributed by atoms with Crippen LogP contribution in [0.3, 0.4) is 0 Å². The van der Waals surface area contributed by atoms with E-state index in [1.165, 1.54) is 19.3 Å². The maximum absolute atomic E-state index is 11.9. The molecule has 0 saturated heterocycles. The fraction of sp³-hybridized carbons (Fsp3) is 0.923. The monoisotopic (exact) mass is 225 g/mol. The summed E-state index contributed by atoms with van der Waals surface area (Å²) in [6.45, 7) is 2.21. The van der Waals surface area contributed by atoms with Crippen molar-refractivity contribution in [3.05, 3.63) is 0 Å². The lowest BCUT2D eigenvalue weighted by atomic mass is 9.77. The predicted octanol–water partition coefficient (Wildman–Crippen LogP) is 2.38. The molecule has 0 radical (unpaired) electrons. The molecule has 0 bridgehead atoms. The molecule has 3 heteroatoms. The van der Waals surface area contributed by atoms with Gasteiger partial charge in [0.05, 0.1) is 0 Å². The van der Waals surface area contributed by atoms with Gasteiger partial charge in [-0.2, -0.15) is 0 Å². The zero-order chi connectivity index (χ0) is 11.6. The third kappa shape index (κ3) is 2.40. The van der Waals surface area contributed by atoms with E-state index in [4.69, 9.17) is 10.5 Å². The molecule has 0 aromatic rings. The SMILES string of the molecule is CCC1CCCC(OC(=O)C2(N)CCC2)C1. The second kappa shape index (κ2) is 4.74. The van der Waals surface area contributed by atoms with E-state index >= 15 is 0 Å². The molecule has 0 aromatic carbocycles. The molecular formula is C13H23NO2. The van der Waals surface area contributed by atoms with Gasteiger partial charge >= 0.3 is 5.97 Å². The number of hydrogen-bond acceptors (Lipinski definition) is 3. The molecule has 16 heavy (non-hydrogen) atoms. The van der Waals surface area contributed by atoms with Crippen molar-refractivity contribution in [3.63, 3.8) is 0 Å². The first-order valence-corrected chi connectivity index (χ1v) is 6.64. The number of nitrogens with two attached hydrogens (primary N) is 1. The van der Waals surface area contributed by atoms with Crippen LogP contribution in [0.15, 0.2) is 0 Å². The Balaban J connectivity index is 1.82. The highest BCUT2D eigenvalue weighted by Gasteiger charge is 2.42. The molecule has 0 spiro atoms. The lowest BCUT2D eigenvalue weighted by molar-refractivity contribution is -0.161. The van der Waals surface area contributed by atoms with Crippen molar-refractivity contribution in [2.24, 2.45) is 11.7 Å². The molecule has 0 aliphatic heterocycles. The molecule has 2 aliphatic carbocycles. The van der Waals surface area contributed by atoms with Gasteiger partial charge in [-0.1, -0.05) is 19.8 Å². The van der Waals surface area contributed by atoms with Crippen molar-refractivity contribution in [1.29, 1.82) is 0 Å². The highest BCUT2D eigenvalue weighted by atomic mass is 16.5. The Morgan fingerprint density at radius 2 is 2.12 bits per heavy atom. The Hall–Kier alpha value is -0.570. The van der Waals surface area contributed by atoms with Crippen molar-refractivity contribution in [2.75, 3.05) is 0 Å². The summed E-state index contributed by atoms with van der Waals surface area (Å²) in [6.07, 6.45) is 8.54. The van der Waals surface area contributed by atoms with Gasteiger partial charge in [0.25, 0.3) is 0 Å². The van der Waals surface area contributed by atoms with Gasteiger partial charge in [-0.05, 0) is 44.4 Å². The fourth-order valence-electron chi connectivity index (χ4n) is 2.75. The average Bonchev–Trinajstić information content (AvgIpc) is 2.26. The maximum Gasteiger partial charge on any atom is 0.326 e. The Labute approximate surface area is 97.7 Å². The lowest BCUT2D eigenvalue weighted by Gasteiger charge is -2.37. The standard InChI is InChI=1S/C13H23NO2/c1-2-10-5-3-6-11(9-10)16-12(15)13(14)7-4-8-13/h10-11H,2-9,14H2,1H3. The van der Waals surface area contributed by atoms with Crippen molar-refractivity contribution in [2.45, 2.75) is 69.9 Å². The molecular weight excluding hydrogens is 202 g/mol. The average molecular weight is 225 g/mol. The summed E-state index contributed by atoms with van der Waals surface area (Å²) in [7, 11) is 0. The fourth-order valence-corrected chi connectivity index (χ4v) is 2.75. The third-order valence-electron chi connectivity index (χ3n) is 4.24. The molecule has 2 unspecified atom stereocenters. The quantitative estimate of drug-likeness (QED) is 0.750. The van der Waals surface area contributed by atoms with Crippen LogP contribution in [0, 0.1) is 5.92 Å². The molecule has 0 heterocycles. The second-order valence-corrected chi connectivity index (χ2v) is 5.48. The zero-order valence-corrected chi connectivity index (χ0v) is 10.2. The summed E-state index contributed by atoms with van der Waals surface area (Å²) in [6, 6.07) is 0. The molecule has 2 saturated carbocycles. The predicted molar refractivity (Wildman–Crippen MR) is 62.9 cm³/mol. The highest BCUT2D eigenvalue weighted by molar-refractivity contribution is 5.81. The Morgan fingerprint density at radius 3 is 2.69 bits per heavy atom. The van der Waals surface area contributed by atoms with Crippen molar-refractivity contribution in [1.82, 2.24) is 0 Å². The molecule has 0 aromatic heterocycles. The minimum absolute atomic E-state index is 0.132. The molecule has 2 rings (SSSR count). The van der Waals surface area contributed by atoms with Gasteiger partial charge in [0, 0.05) is 0 Å². The molecule has 0 amide bonds. The summed E-state index contributed by atoms with van der Waals surface area (Å²) in [5, 5.41) is 0. The van der Waals surface area contributed by atoms with Crippen LogP contribution in [-0.4, -0.2) is 17.6 Å². The van der Waals surface area contributed by atoms with Crippen LogP contribution >= 0.6 is 0 Å². The largest absolute Gasteiger partial charge is 0.461 e. The molecule has 2 aliphatic rings. The molecule has 2 N–H and O–H groups in total. The van der Waals surface area contributed by atoms with E-state index < -0.39 is 5.54 Å². The summed E-state index contributed by atoms with van der Waals surface area (Å²) in [5.41, 5.74) is 5.32. The van der Waals surface area contributed by atoms with Crippen LogP contribution in [0.1, 0.15) is 58.3 Å². The summed E-state index contributed by atoms with van der Waals surface area (Å²) >= 11 is 0. The minimum atomic E-state index is -0.640. The smallest absolute Gasteiger partial charge is 0.326 e. The lowest BCUT2D eigenvalue weighted by Crippen LogP contribution is -2.55. The summed E-state index contributed by atoms with van der Waals surface area (Å²) < 4.78 is 5.57. The first-order chi connectivity index (χ1) is 7.64. The number of carbonyl (C=O) groups excluding carboxylic acids is 1. The normalized spacial score (nSPS) is 32.9. The first-order valence-electron chi connectivity index (χ1n) is 6.64. The van der Waals surface area contributed by atoms with E-state index in [0.29, 0.717) is 0 Å². The van der Waals surface area contributed by atoms with Gasteiger partial charge in [-0.25, -0.2) is 0 Å². The Morgan fingerprint density at radius 1 is 1.38 bits per heavy atom. The van der Waals surface area contributed by atoms with Crippen molar-refractivity contribution in [3.8, 4) is 0 Å². The molecule has 2 atom stereocenters. The summed E-state index contributed by atoms with van der Waals surface area (Å²) in [4.78, 5) is 11.9. The minimum Gasteiger partial charge on any atom is -0.461 e. The van der Waals surface area contributed by atoms with Crippen molar-refractivity contribution < 1.29 is 9.53 Å². The van der Waals surface area contributed by atoms with Crippen molar-refractivity contribution >= 4 is 5.97 Å². The first kappa shape index (κ1) is 11.9. The Kier molecular flexibility index (Phi) is 3.53. The Bertz CT molecular complexity index is 261. The van der Waals surface area contributed by atoms with E-state index in [2.05, 4.69) is 6.92 Å². The molecule has 92 valence electrons.